The fourth-order valence-electron chi connectivity index (χ4n) is 4.05. The van der Waals surface area contributed by atoms with Gasteiger partial charge >= 0.3 is 0 Å². The summed E-state index contributed by atoms with van der Waals surface area (Å²) >= 11 is 0. The topological polar surface area (TPSA) is 102 Å². The van der Waals surface area contributed by atoms with Gasteiger partial charge in [0.15, 0.2) is 0 Å². The highest BCUT2D eigenvalue weighted by atomic mass is 16.5. The molecule has 0 radical (unpaired) electrons. The van der Waals surface area contributed by atoms with Crippen LogP contribution in [0.1, 0.15) is 48.9 Å². The molecule has 1 aliphatic carbocycles. The molecule has 7 nitrogen and oxygen atoms in total. The van der Waals surface area contributed by atoms with Crippen LogP contribution in [0.3, 0.4) is 0 Å². The summed E-state index contributed by atoms with van der Waals surface area (Å²) in [7, 11) is 0. The number of carbonyl (C=O) groups excluding carboxylic acids is 3. The van der Waals surface area contributed by atoms with Crippen LogP contribution in [0.4, 0.5) is 5.69 Å². The maximum Gasteiger partial charge on any atom is 0.248 e. The Balaban J connectivity index is 1.60. The van der Waals surface area contributed by atoms with Crippen molar-refractivity contribution in [2.45, 2.75) is 38.5 Å². The second kappa shape index (κ2) is 8.52. The average Bonchev–Trinajstić information content (AvgIpc) is 3.10. The zero-order valence-corrected chi connectivity index (χ0v) is 15.5. The number of anilines is 1. The highest BCUT2D eigenvalue weighted by molar-refractivity contribution is 5.95. The monoisotopic (exact) mass is 373 g/mol. The highest BCUT2D eigenvalue weighted by Crippen LogP contribution is 2.44. The van der Waals surface area contributed by atoms with E-state index in [4.69, 9.17) is 10.5 Å². The molecule has 1 aliphatic heterocycles. The molecular formula is C20H27N3O4. The van der Waals surface area contributed by atoms with Crippen LogP contribution in [0.15, 0.2) is 24.3 Å². The Labute approximate surface area is 159 Å². The molecule has 1 aromatic carbocycles. The molecule has 1 saturated carbocycles. The second-order valence-corrected chi connectivity index (χ2v) is 7.54. The second-order valence-electron chi connectivity index (χ2n) is 7.54. The van der Waals surface area contributed by atoms with E-state index >= 15 is 0 Å². The Morgan fingerprint density at radius 3 is 2.26 bits per heavy atom. The summed E-state index contributed by atoms with van der Waals surface area (Å²) in [5.74, 6) is -0.475. The van der Waals surface area contributed by atoms with Crippen molar-refractivity contribution in [2.75, 3.05) is 31.6 Å². The highest BCUT2D eigenvalue weighted by Gasteiger charge is 2.39. The van der Waals surface area contributed by atoms with Crippen molar-refractivity contribution in [3.63, 3.8) is 0 Å². The lowest BCUT2D eigenvalue weighted by atomic mass is 9.78. The first-order valence-electron chi connectivity index (χ1n) is 9.53. The number of nitrogens with two attached hydrogens (primary N) is 1. The van der Waals surface area contributed by atoms with Crippen molar-refractivity contribution in [2.24, 2.45) is 11.1 Å². The lowest BCUT2D eigenvalue weighted by Gasteiger charge is -2.33. The van der Waals surface area contributed by atoms with Crippen molar-refractivity contribution in [1.82, 2.24) is 4.90 Å². The molecule has 1 heterocycles. The number of hydrogen-bond donors (Lipinski definition) is 2. The van der Waals surface area contributed by atoms with E-state index in [-0.39, 0.29) is 17.2 Å². The maximum absolute atomic E-state index is 12.7. The van der Waals surface area contributed by atoms with Gasteiger partial charge in [0.05, 0.1) is 13.2 Å². The van der Waals surface area contributed by atoms with Crippen molar-refractivity contribution >= 4 is 23.4 Å². The van der Waals surface area contributed by atoms with Crippen LogP contribution in [-0.2, 0) is 14.3 Å². The molecule has 0 spiro atoms. The first-order valence-corrected chi connectivity index (χ1v) is 9.53. The van der Waals surface area contributed by atoms with Gasteiger partial charge in [-0.25, -0.2) is 0 Å². The van der Waals surface area contributed by atoms with Gasteiger partial charge in [0, 0.05) is 37.2 Å². The van der Waals surface area contributed by atoms with Crippen LogP contribution in [0.2, 0.25) is 0 Å². The SMILES string of the molecule is NC(=O)c1ccc(NC(=O)CC2(CC(=O)N3CCOCC3)CCCC2)cc1. The van der Waals surface area contributed by atoms with E-state index in [1.165, 1.54) is 0 Å². The number of nitrogens with one attached hydrogen (secondary N) is 1. The van der Waals surface area contributed by atoms with Crippen molar-refractivity contribution in [3.8, 4) is 0 Å². The van der Waals surface area contributed by atoms with Crippen LogP contribution in [0.5, 0.6) is 0 Å². The first-order chi connectivity index (χ1) is 13.0. The Morgan fingerprint density at radius 1 is 1.04 bits per heavy atom. The molecule has 2 fully saturated rings. The molecule has 27 heavy (non-hydrogen) atoms. The minimum Gasteiger partial charge on any atom is -0.378 e. The standard InChI is InChI=1S/C20H27N3O4/c21-19(26)15-3-5-16(6-4-15)22-17(24)13-20(7-1-2-8-20)14-18(25)23-9-11-27-12-10-23/h3-6H,1-2,7-14H2,(H2,21,26)(H,22,24). The summed E-state index contributed by atoms with van der Waals surface area (Å²) < 4.78 is 5.31. The predicted molar refractivity (Wildman–Crippen MR) is 101 cm³/mol. The molecule has 3 amide bonds. The maximum atomic E-state index is 12.7. The predicted octanol–water partition coefficient (Wildman–Crippen LogP) is 1.92. The van der Waals surface area contributed by atoms with E-state index in [9.17, 15) is 14.4 Å². The zero-order valence-electron chi connectivity index (χ0n) is 15.5. The third-order valence-corrected chi connectivity index (χ3v) is 5.54. The Hall–Kier alpha value is -2.41. The van der Waals surface area contributed by atoms with Gasteiger partial charge in [-0.3, -0.25) is 14.4 Å². The van der Waals surface area contributed by atoms with Crippen LogP contribution in [0, 0.1) is 5.41 Å². The molecule has 3 N–H and O–H groups in total. The fourth-order valence-corrected chi connectivity index (χ4v) is 4.05. The molecule has 7 heteroatoms. The van der Waals surface area contributed by atoms with E-state index in [0.29, 0.717) is 50.4 Å². The summed E-state index contributed by atoms with van der Waals surface area (Å²) in [6.07, 6.45) is 4.66. The molecular weight excluding hydrogens is 346 g/mol. The fraction of sp³-hybridized carbons (Fsp3) is 0.550. The van der Waals surface area contributed by atoms with Crippen molar-refractivity contribution in [1.29, 1.82) is 0 Å². The number of rotatable bonds is 6. The zero-order chi connectivity index (χ0) is 19.3. The molecule has 2 aliphatic rings. The number of nitrogens with zero attached hydrogens (tertiary/aromatic N) is 1. The number of morpholine rings is 1. The number of hydrogen-bond acceptors (Lipinski definition) is 4. The summed E-state index contributed by atoms with van der Waals surface area (Å²) in [5.41, 5.74) is 5.99. The van der Waals surface area contributed by atoms with Crippen LogP contribution in [-0.4, -0.2) is 48.9 Å². The molecule has 3 rings (SSSR count). The van der Waals surface area contributed by atoms with Gasteiger partial charge in [-0.15, -0.1) is 0 Å². The molecule has 0 unspecified atom stereocenters. The van der Waals surface area contributed by atoms with Gasteiger partial charge in [0.2, 0.25) is 17.7 Å². The minimum atomic E-state index is -0.501. The van der Waals surface area contributed by atoms with E-state index in [1.807, 2.05) is 4.90 Å². The number of primary amides is 1. The van der Waals surface area contributed by atoms with Gasteiger partial charge in [-0.05, 0) is 42.5 Å². The summed E-state index contributed by atoms with van der Waals surface area (Å²) in [6, 6.07) is 6.51. The lowest BCUT2D eigenvalue weighted by molar-refractivity contribution is -0.138. The van der Waals surface area contributed by atoms with Gasteiger partial charge < -0.3 is 20.7 Å². The van der Waals surface area contributed by atoms with Crippen LogP contribution in [0.25, 0.3) is 0 Å². The van der Waals surface area contributed by atoms with Crippen molar-refractivity contribution < 1.29 is 19.1 Å². The summed E-state index contributed by atoms with van der Waals surface area (Å²) in [6.45, 7) is 2.43. The normalized spacial score (nSPS) is 18.9. The molecule has 146 valence electrons. The minimum absolute atomic E-state index is 0.0986. The van der Waals surface area contributed by atoms with Crippen LogP contribution < -0.4 is 11.1 Å². The van der Waals surface area contributed by atoms with Gasteiger partial charge in [0.25, 0.3) is 0 Å². The molecule has 1 aromatic rings. The van der Waals surface area contributed by atoms with Crippen molar-refractivity contribution in [3.05, 3.63) is 29.8 Å². The third kappa shape index (κ3) is 5.07. The quantitative estimate of drug-likeness (QED) is 0.795. The first kappa shape index (κ1) is 19.4. The molecule has 1 saturated heterocycles. The summed E-state index contributed by atoms with van der Waals surface area (Å²) in [4.78, 5) is 38.3. The molecule has 0 aromatic heterocycles. The van der Waals surface area contributed by atoms with E-state index < -0.39 is 5.91 Å². The third-order valence-electron chi connectivity index (χ3n) is 5.54. The van der Waals surface area contributed by atoms with Gasteiger partial charge in [0.1, 0.15) is 0 Å². The van der Waals surface area contributed by atoms with E-state index in [1.54, 1.807) is 24.3 Å². The Kier molecular flexibility index (Phi) is 6.11. The number of amides is 3. The Bertz CT molecular complexity index is 690. The number of benzene rings is 1. The smallest absolute Gasteiger partial charge is 0.248 e. The van der Waals surface area contributed by atoms with Crippen LogP contribution >= 0.6 is 0 Å². The van der Waals surface area contributed by atoms with E-state index in [0.717, 1.165) is 25.7 Å². The largest absolute Gasteiger partial charge is 0.378 e. The summed E-state index contributed by atoms with van der Waals surface area (Å²) in [5, 5.41) is 2.88. The number of ether oxygens (including phenoxy) is 1. The van der Waals surface area contributed by atoms with E-state index in [2.05, 4.69) is 5.32 Å². The molecule has 0 bridgehead atoms. The van der Waals surface area contributed by atoms with Gasteiger partial charge in [-0.1, -0.05) is 12.8 Å². The molecule has 0 atom stereocenters. The Morgan fingerprint density at radius 2 is 1.67 bits per heavy atom. The average molecular weight is 373 g/mol. The lowest BCUT2D eigenvalue weighted by Crippen LogP contribution is -2.43. The number of carbonyl (C=O) groups is 3. The van der Waals surface area contributed by atoms with Gasteiger partial charge in [-0.2, -0.15) is 0 Å².